The Labute approximate surface area is 367 Å². The molecule has 2 heteroatoms. The Morgan fingerprint density at radius 1 is 0.270 bits per heavy atom. The van der Waals surface area contributed by atoms with Gasteiger partial charge >= 0.3 is 0 Å². The van der Waals surface area contributed by atoms with Crippen LogP contribution >= 0.6 is 0 Å². The van der Waals surface area contributed by atoms with Crippen molar-refractivity contribution in [2.24, 2.45) is 0 Å². The van der Waals surface area contributed by atoms with Crippen molar-refractivity contribution in [3.05, 3.63) is 265 Å². The normalized spacial score (nSPS) is 12.6. The summed E-state index contributed by atoms with van der Waals surface area (Å²) >= 11 is 0. The fourth-order valence-electron chi connectivity index (χ4n) is 10.1. The first-order chi connectivity index (χ1) is 31.2. The van der Waals surface area contributed by atoms with Gasteiger partial charge < -0.3 is 0 Å². The van der Waals surface area contributed by atoms with Crippen LogP contribution in [0.15, 0.2) is 243 Å². The van der Waals surface area contributed by atoms with Crippen LogP contribution in [0.1, 0.15) is 22.3 Å². The maximum Gasteiger partial charge on any atom is 0.160 e. The monoisotopic (exact) mass is 800 g/mol. The van der Waals surface area contributed by atoms with Gasteiger partial charge in [0.1, 0.15) is 0 Å². The Bertz CT molecular complexity index is 3440. The van der Waals surface area contributed by atoms with Crippen LogP contribution < -0.4 is 0 Å². The molecule has 1 heterocycles. The highest BCUT2D eigenvalue weighted by Crippen LogP contribution is 2.57. The molecule has 0 spiro atoms. The van der Waals surface area contributed by atoms with Crippen LogP contribution in [-0.4, -0.2) is 9.97 Å². The Kier molecular flexibility index (Phi) is 8.76. The van der Waals surface area contributed by atoms with Crippen molar-refractivity contribution < 1.29 is 0 Å². The molecule has 0 radical (unpaired) electrons. The van der Waals surface area contributed by atoms with Gasteiger partial charge in [-0.15, -0.1) is 0 Å². The van der Waals surface area contributed by atoms with Crippen molar-refractivity contribution in [3.63, 3.8) is 0 Å². The van der Waals surface area contributed by atoms with Crippen molar-refractivity contribution >= 4 is 21.5 Å². The zero-order valence-corrected chi connectivity index (χ0v) is 34.5. The van der Waals surface area contributed by atoms with Gasteiger partial charge in [0.15, 0.2) is 5.82 Å². The summed E-state index contributed by atoms with van der Waals surface area (Å²) in [4.78, 5) is 10.7. The van der Waals surface area contributed by atoms with Crippen LogP contribution in [0.25, 0.3) is 88.8 Å². The second-order valence-corrected chi connectivity index (χ2v) is 16.4. The van der Waals surface area contributed by atoms with Gasteiger partial charge in [-0.2, -0.15) is 0 Å². The number of aromatic nitrogens is 2. The van der Waals surface area contributed by atoms with Crippen LogP contribution in [0.4, 0.5) is 0 Å². The quantitative estimate of drug-likeness (QED) is 0.160. The summed E-state index contributed by atoms with van der Waals surface area (Å²) in [6, 6.07) is 87.7. The minimum Gasteiger partial charge on any atom is -0.228 e. The van der Waals surface area contributed by atoms with E-state index >= 15 is 0 Å². The molecule has 11 aromatic rings. The van der Waals surface area contributed by atoms with Gasteiger partial charge in [-0.3, -0.25) is 0 Å². The second-order valence-electron chi connectivity index (χ2n) is 16.4. The zero-order chi connectivity index (χ0) is 41.7. The molecule has 63 heavy (non-hydrogen) atoms. The van der Waals surface area contributed by atoms with E-state index in [9.17, 15) is 0 Å². The van der Waals surface area contributed by atoms with Crippen molar-refractivity contribution in [2.45, 2.75) is 5.41 Å². The predicted octanol–water partition coefficient (Wildman–Crippen LogP) is 15.5. The maximum absolute atomic E-state index is 5.38. The Morgan fingerprint density at radius 3 is 1.44 bits per heavy atom. The van der Waals surface area contributed by atoms with Crippen LogP contribution in [-0.2, 0) is 5.41 Å². The second kappa shape index (κ2) is 15.1. The molecular weight excluding hydrogens is 761 g/mol. The van der Waals surface area contributed by atoms with E-state index in [2.05, 4.69) is 243 Å². The lowest BCUT2D eigenvalue weighted by Gasteiger charge is -2.34. The van der Waals surface area contributed by atoms with Gasteiger partial charge in [0.25, 0.3) is 0 Å². The maximum atomic E-state index is 5.38. The summed E-state index contributed by atoms with van der Waals surface area (Å²) in [7, 11) is 0. The number of nitrogens with zero attached hydrogens (tertiary/aromatic N) is 2. The highest BCUT2D eigenvalue weighted by atomic mass is 14.9. The molecule has 12 rings (SSSR count). The average molecular weight is 801 g/mol. The first kappa shape index (κ1) is 36.6. The lowest BCUT2D eigenvalue weighted by Crippen LogP contribution is -2.28. The molecule has 0 atom stereocenters. The van der Waals surface area contributed by atoms with Crippen molar-refractivity contribution in [1.29, 1.82) is 0 Å². The molecule has 1 aliphatic rings. The molecule has 0 N–H and O–H groups in total. The van der Waals surface area contributed by atoms with Gasteiger partial charge in [-0.1, -0.05) is 231 Å². The Hall–Kier alpha value is -8.20. The average Bonchev–Trinajstić information content (AvgIpc) is 3.67. The molecule has 294 valence electrons. The summed E-state index contributed by atoms with van der Waals surface area (Å²) in [6.07, 6.45) is 0. The van der Waals surface area contributed by atoms with Gasteiger partial charge in [-0.25, -0.2) is 9.97 Å². The summed E-state index contributed by atoms with van der Waals surface area (Å²) in [5.74, 6) is 0.694. The molecule has 0 saturated carbocycles. The number of benzene rings is 10. The van der Waals surface area contributed by atoms with Gasteiger partial charge in [0.2, 0.25) is 0 Å². The van der Waals surface area contributed by atoms with E-state index in [4.69, 9.17) is 9.97 Å². The molecule has 1 aliphatic carbocycles. The standard InChI is InChI=1S/C61H40N2/c1-4-17-41(18-5-1)42-31-33-44(34-32-42)60-62-58(54-29-16-20-43-19-10-11-25-48(43)54)40-59(63-60)55-38-37-49(50-26-12-13-27-51(50)55)45-35-36-53-52-28-14-15-30-56(52)61(57(53)39-45,46-21-6-2-7-22-46)47-23-8-3-9-24-47/h1-40H. The van der Waals surface area contributed by atoms with E-state index in [1.165, 1.54) is 60.8 Å². The van der Waals surface area contributed by atoms with E-state index in [0.29, 0.717) is 5.82 Å². The Balaban J connectivity index is 1.04. The van der Waals surface area contributed by atoms with Crippen molar-refractivity contribution in [2.75, 3.05) is 0 Å². The van der Waals surface area contributed by atoms with Crippen LogP contribution in [0, 0.1) is 0 Å². The number of hydrogen-bond donors (Lipinski definition) is 0. The van der Waals surface area contributed by atoms with Crippen LogP contribution in [0.3, 0.4) is 0 Å². The van der Waals surface area contributed by atoms with E-state index in [1.54, 1.807) is 0 Å². The largest absolute Gasteiger partial charge is 0.228 e. The molecule has 1 aromatic heterocycles. The van der Waals surface area contributed by atoms with Gasteiger partial charge in [-0.05, 0) is 89.3 Å². The molecular formula is C61H40N2. The number of rotatable bonds is 7. The van der Waals surface area contributed by atoms with E-state index in [0.717, 1.165) is 44.4 Å². The highest BCUT2D eigenvalue weighted by molar-refractivity contribution is 6.06. The zero-order valence-electron chi connectivity index (χ0n) is 34.5. The fourth-order valence-corrected chi connectivity index (χ4v) is 10.1. The number of hydrogen-bond acceptors (Lipinski definition) is 2. The lowest BCUT2D eigenvalue weighted by molar-refractivity contribution is 0.769. The molecule has 10 aromatic carbocycles. The van der Waals surface area contributed by atoms with Gasteiger partial charge in [0.05, 0.1) is 16.8 Å². The van der Waals surface area contributed by atoms with E-state index in [-0.39, 0.29) is 0 Å². The highest BCUT2D eigenvalue weighted by Gasteiger charge is 2.46. The summed E-state index contributed by atoms with van der Waals surface area (Å²) < 4.78 is 0. The summed E-state index contributed by atoms with van der Waals surface area (Å²) in [6.45, 7) is 0. The molecule has 0 fully saturated rings. The molecule has 0 saturated heterocycles. The topological polar surface area (TPSA) is 25.8 Å². The van der Waals surface area contributed by atoms with Crippen LogP contribution in [0.5, 0.6) is 0 Å². The molecule has 0 unspecified atom stereocenters. The third-order valence-corrected chi connectivity index (χ3v) is 13.0. The van der Waals surface area contributed by atoms with Crippen molar-refractivity contribution in [3.8, 4) is 67.3 Å². The molecule has 0 aliphatic heterocycles. The third-order valence-electron chi connectivity index (χ3n) is 13.0. The molecule has 0 amide bonds. The van der Waals surface area contributed by atoms with Crippen LogP contribution in [0.2, 0.25) is 0 Å². The van der Waals surface area contributed by atoms with Gasteiger partial charge in [0, 0.05) is 16.7 Å². The minimum atomic E-state index is -0.477. The first-order valence-electron chi connectivity index (χ1n) is 21.6. The number of fused-ring (bicyclic) bond motifs is 5. The smallest absolute Gasteiger partial charge is 0.160 e. The summed E-state index contributed by atoms with van der Waals surface area (Å²) in [5.41, 5.74) is 16.8. The predicted molar refractivity (Wildman–Crippen MR) is 262 cm³/mol. The molecule has 2 nitrogen and oxygen atoms in total. The summed E-state index contributed by atoms with van der Waals surface area (Å²) in [5, 5.41) is 4.66. The fraction of sp³-hybridized carbons (Fsp3) is 0.0164. The van der Waals surface area contributed by atoms with E-state index in [1.807, 2.05) is 0 Å². The SMILES string of the molecule is c1ccc(-c2ccc(-c3nc(-c4cccc5ccccc45)cc(-c4ccc(-c5ccc6c(c5)C(c5ccccc5)(c5ccccc5)c5ccccc5-6)c5ccccc45)n3)cc2)cc1. The molecule has 0 bridgehead atoms. The third kappa shape index (κ3) is 6.02. The van der Waals surface area contributed by atoms with Crippen molar-refractivity contribution in [1.82, 2.24) is 9.97 Å². The Morgan fingerprint density at radius 2 is 0.730 bits per heavy atom. The van der Waals surface area contributed by atoms with E-state index < -0.39 is 5.41 Å². The first-order valence-corrected chi connectivity index (χ1v) is 21.6. The lowest BCUT2D eigenvalue weighted by atomic mass is 9.67. The minimum absolute atomic E-state index is 0.477.